The number of hydrogen-bond donors (Lipinski definition) is 0. The molecule has 25 heavy (non-hydrogen) atoms. The molecule has 3 heteroatoms. The van der Waals surface area contributed by atoms with Crippen LogP contribution in [0.3, 0.4) is 0 Å². The molecule has 0 saturated carbocycles. The summed E-state index contributed by atoms with van der Waals surface area (Å²) < 4.78 is 0. The summed E-state index contributed by atoms with van der Waals surface area (Å²) in [7, 11) is 0. The Kier molecular flexibility index (Phi) is 7.40. The zero-order valence-electron chi connectivity index (χ0n) is 13.5. The third kappa shape index (κ3) is 5.89. The number of hydrogen-bond acceptors (Lipinski definition) is 2. The normalized spacial score (nSPS) is 8.96. The second kappa shape index (κ2) is 10.1. The van der Waals surface area contributed by atoms with Gasteiger partial charge in [0.2, 0.25) is 0 Å². The van der Waals surface area contributed by atoms with Gasteiger partial charge < -0.3 is 0 Å². The van der Waals surface area contributed by atoms with E-state index in [0.29, 0.717) is 0 Å². The first kappa shape index (κ1) is 18.4. The van der Waals surface area contributed by atoms with Crippen LogP contribution in [0, 0.1) is 11.8 Å². The Morgan fingerprint density at radius 2 is 1.56 bits per heavy atom. The SMILES string of the molecule is C(#C[c-]1cccc1)c1ccnc(-c2ccccn2)c1.[Fe+2].c1cc[cH-]c1. The van der Waals surface area contributed by atoms with Gasteiger partial charge >= 0.3 is 17.1 Å². The van der Waals surface area contributed by atoms with Gasteiger partial charge in [0.15, 0.2) is 0 Å². The van der Waals surface area contributed by atoms with E-state index < -0.39 is 0 Å². The fourth-order valence-corrected chi connectivity index (χ4v) is 2.09. The zero-order chi connectivity index (χ0) is 16.5. The van der Waals surface area contributed by atoms with Crippen molar-refractivity contribution in [3.05, 3.63) is 108 Å². The molecule has 0 radical (unpaired) electrons. The fourth-order valence-electron chi connectivity index (χ4n) is 2.09. The number of rotatable bonds is 1. The third-order valence-electron chi connectivity index (χ3n) is 3.26. The molecule has 0 aliphatic heterocycles. The fraction of sp³-hybridized carbons (Fsp3) is 0. The largest absolute Gasteiger partial charge is 2.00 e. The number of pyridine rings is 2. The predicted molar refractivity (Wildman–Crippen MR) is 97.5 cm³/mol. The standard InChI is InChI=1S/C17H11N2.C5H5.Fe/c1-2-6-14(5-1)8-9-15-10-12-19-17(13-15)16-7-3-4-11-18-16;1-2-4-5-3-1;/h1-7,10-13H;1-5H;/q2*-1;+2. The van der Waals surface area contributed by atoms with E-state index in [1.54, 1.807) is 12.4 Å². The summed E-state index contributed by atoms with van der Waals surface area (Å²) in [6.07, 6.45) is 3.53. The van der Waals surface area contributed by atoms with Crippen molar-refractivity contribution >= 4 is 0 Å². The first-order chi connectivity index (χ1) is 11.9. The van der Waals surface area contributed by atoms with Gasteiger partial charge in [0.05, 0.1) is 11.4 Å². The second-order valence-corrected chi connectivity index (χ2v) is 5.03. The van der Waals surface area contributed by atoms with Gasteiger partial charge in [-0.3, -0.25) is 9.97 Å². The van der Waals surface area contributed by atoms with Crippen molar-refractivity contribution in [3.63, 3.8) is 0 Å². The van der Waals surface area contributed by atoms with Crippen LogP contribution in [0.2, 0.25) is 0 Å². The minimum atomic E-state index is 0. The molecule has 0 saturated heterocycles. The summed E-state index contributed by atoms with van der Waals surface area (Å²) in [6, 6.07) is 27.6. The summed E-state index contributed by atoms with van der Waals surface area (Å²) in [5.41, 5.74) is 3.67. The molecule has 0 fully saturated rings. The molecule has 0 bridgehead atoms. The second-order valence-electron chi connectivity index (χ2n) is 5.03. The molecule has 2 heterocycles. The van der Waals surface area contributed by atoms with Crippen LogP contribution < -0.4 is 0 Å². The Labute approximate surface area is 158 Å². The molecule has 2 aromatic heterocycles. The van der Waals surface area contributed by atoms with Crippen molar-refractivity contribution in [1.82, 2.24) is 9.97 Å². The van der Waals surface area contributed by atoms with Gasteiger partial charge in [-0.25, -0.2) is 12.1 Å². The molecule has 2 nitrogen and oxygen atoms in total. The maximum atomic E-state index is 4.32. The molecule has 0 aliphatic carbocycles. The van der Waals surface area contributed by atoms with Crippen molar-refractivity contribution in [1.29, 1.82) is 0 Å². The van der Waals surface area contributed by atoms with Gasteiger partial charge in [-0.15, -0.1) is 12.1 Å². The Hall–Kier alpha value is -2.92. The summed E-state index contributed by atoms with van der Waals surface area (Å²) in [5, 5.41) is 0. The van der Waals surface area contributed by atoms with E-state index in [0.717, 1.165) is 22.5 Å². The van der Waals surface area contributed by atoms with Crippen molar-refractivity contribution in [2.45, 2.75) is 0 Å². The summed E-state index contributed by atoms with van der Waals surface area (Å²) in [6.45, 7) is 0. The molecule has 0 amide bonds. The average Bonchev–Trinajstić information content (AvgIpc) is 3.37. The van der Waals surface area contributed by atoms with E-state index >= 15 is 0 Å². The van der Waals surface area contributed by atoms with E-state index in [1.165, 1.54) is 0 Å². The summed E-state index contributed by atoms with van der Waals surface area (Å²) in [4.78, 5) is 8.61. The van der Waals surface area contributed by atoms with Crippen LogP contribution in [-0.2, 0) is 17.1 Å². The third-order valence-corrected chi connectivity index (χ3v) is 3.26. The number of aromatic nitrogens is 2. The van der Waals surface area contributed by atoms with Crippen LogP contribution in [0.1, 0.15) is 11.1 Å². The maximum absolute atomic E-state index is 4.32. The summed E-state index contributed by atoms with van der Waals surface area (Å²) in [5.74, 6) is 6.26. The molecular formula is C22H16FeN2. The van der Waals surface area contributed by atoms with Crippen LogP contribution in [0.15, 0.2) is 97.3 Å². The molecule has 0 aliphatic rings. The molecule has 0 N–H and O–H groups in total. The van der Waals surface area contributed by atoms with Gasteiger partial charge in [0, 0.05) is 12.4 Å². The molecule has 0 unspecified atom stereocenters. The van der Waals surface area contributed by atoms with Crippen LogP contribution in [-0.4, -0.2) is 9.97 Å². The van der Waals surface area contributed by atoms with E-state index in [1.807, 2.05) is 84.9 Å². The first-order valence-corrected chi connectivity index (χ1v) is 7.70. The van der Waals surface area contributed by atoms with Crippen molar-refractivity contribution < 1.29 is 17.1 Å². The molecule has 4 rings (SSSR count). The van der Waals surface area contributed by atoms with Crippen LogP contribution in [0.25, 0.3) is 11.4 Å². The number of nitrogens with zero attached hydrogens (tertiary/aromatic N) is 2. The van der Waals surface area contributed by atoms with Gasteiger partial charge in [-0.05, 0) is 29.8 Å². The van der Waals surface area contributed by atoms with E-state index in [-0.39, 0.29) is 17.1 Å². The Morgan fingerprint density at radius 3 is 2.20 bits per heavy atom. The van der Waals surface area contributed by atoms with E-state index in [9.17, 15) is 0 Å². The van der Waals surface area contributed by atoms with Gasteiger partial charge in [0.1, 0.15) is 0 Å². The quantitative estimate of drug-likeness (QED) is 0.279. The van der Waals surface area contributed by atoms with Gasteiger partial charge in [-0.1, -0.05) is 11.6 Å². The molecule has 0 atom stereocenters. The maximum Gasteiger partial charge on any atom is 2.00 e. The Balaban J connectivity index is 0.000000325. The Morgan fingerprint density at radius 1 is 0.800 bits per heavy atom. The minimum absolute atomic E-state index is 0. The monoisotopic (exact) mass is 364 g/mol. The van der Waals surface area contributed by atoms with Crippen LogP contribution in [0.5, 0.6) is 0 Å². The van der Waals surface area contributed by atoms with Crippen molar-refractivity contribution in [2.75, 3.05) is 0 Å². The summed E-state index contributed by atoms with van der Waals surface area (Å²) >= 11 is 0. The molecular weight excluding hydrogens is 348 g/mol. The topological polar surface area (TPSA) is 25.8 Å². The Bertz CT molecular complexity index is 882. The molecule has 2 aromatic carbocycles. The predicted octanol–water partition coefficient (Wildman–Crippen LogP) is 4.67. The van der Waals surface area contributed by atoms with Crippen LogP contribution in [0.4, 0.5) is 0 Å². The first-order valence-electron chi connectivity index (χ1n) is 7.70. The van der Waals surface area contributed by atoms with Crippen molar-refractivity contribution in [3.8, 4) is 23.2 Å². The molecule has 0 spiro atoms. The minimum Gasteiger partial charge on any atom is -0.255 e. The van der Waals surface area contributed by atoms with Gasteiger partial charge in [-0.2, -0.15) is 42.2 Å². The van der Waals surface area contributed by atoms with Crippen molar-refractivity contribution in [2.24, 2.45) is 0 Å². The van der Waals surface area contributed by atoms with E-state index in [2.05, 4.69) is 21.8 Å². The van der Waals surface area contributed by atoms with Crippen LogP contribution >= 0.6 is 0 Å². The molecule has 4 aromatic rings. The zero-order valence-corrected chi connectivity index (χ0v) is 14.6. The smallest absolute Gasteiger partial charge is 0.255 e. The molecule has 122 valence electrons. The average molecular weight is 364 g/mol. The van der Waals surface area contributed by atoms with Gasteiger partial charge in [0.25, 0.3) is 0 Å². The van der Waals surface area contributed by atoms with E-state index in [4.69, 9.17) is 0 Å².